The Balaban J connectivity index is 1.62. The second-order valence-corrected chi connectivity index (χ2v) is 8.81. The van der Waals surface area contributed by atoms with Crippen LogP contribution in [0, 0.1) is 5.92 Å². The highest BCUT2D eigenvalue weighted by Crippen LogP contribution is 2.37. The first-order valence-corrected chi connectivity index (χ1v) is 11.3. The first kappa shape index (κ1) is 26.2. The second-order valence-electron chi connectivity index (χ2n) is 8.81. The molecule has 2 unspecified atom stereocenters. The molecule has 4 rings (SSSR count). The van der Waals surface area contributed by atoms with Crippen LogP contribution in [0.25, 0.3) is 11.3 Å². The highest BCUT2D eigenvalue weighted by Gasteiger charge is 2.47. The van der Waals surface area contributed by atoms with Gasteiger partial charge in [-0.15, -0.1) is 0 Å². The Bertz CT molecular complexity index is 1270. The molecule has 0 aromatic carbocycles. The van der Waals surface area contributed by atoms with E-state index in [9.17, 15) is 26.7 Å². The molecule has 1 aliphatic rings. The van der Waals surface area contributed by atoms with E-state index in [-0.39, 0.29) is 18.2 Å². The van der Waals surface area contributed by atoms with Crippen molar-refractivity contribution in [2.45, 2.75) is 31.5 Å². The van der Waals surface area contributed by atoms with E-state index in [0.717, 1.165) is 12.0 Å². The van der Waals surface area contributed by atoms with E-state index in [2.05, 4.69) is 25.4 Å². The zero-order chi connectivity index (χ0) is 27.0. The zero-order valence-electron chi connectivity index (χ0n) is 20.1. The van der Waals surface area contributed by atoms with Crippen molar-refractivity contribution < 1.29 is 31.5 Å². The maximum atomic E-state index is 14.6. The smallest absolute Gasteiger partial charge is 0.423 e. The number of halogens is 5. The van der Waals surface area contributed by atoms with Gasteiger partial charge in [0.2, 0.25) is 11.8 Å². The van der Waals surface area contributed by atoms with E-state index in [4.69, 9.17) is 4.74 Å². The fourth-order valence-electron chi connectivity index (χ4n) is 4.37. The Morgan fingerprint density at radius 3 is 2.68 bits per heavy atom. The molecular weight excluding hydrogens is 501 g/mol. The number of methoxy groups -OCH3 is 1. The van der Waals surface area contributed by atoms with Gasteiger partial charge >= 0.3 is 6.18 Å². The van der Waals surface area contributed by atoms with Gasteiger partial charge in [0, 0.05) is 38.6 Å². The monoisotopic (exact) mass is 525 g/mol. The van der Waals surface area contributed by atoms with Gasteiger partial charge < -0.3 is 15.0 Å². The molecule has 1 N–H and O–H groups in total. The lowest BCUT2D eigenvalue weighted by atomic mass is 9.88. The van der Waals surface area contributed by atoms with Crippen molar-refractivity contribution >= 4 is 11.9 Å². The lowest BCUT2D eigenvalue weighted by Gasteiger charge is -2.43. The number of amides is 1. The van der Waals surface area contributed by atoms with Gasteiger partial charge in [-0.25, -0.2) is 13.8 Å². The summed E-state index contributed by atoms with van der Waals surface area (Å²) in [6.07, 6.45) is -1.50. The lowest BCUT2D eigenvalue weighted by molar-refractivity contribution is -0.139. The molecule has 0 spiro atoms. The Morgan fingerprint density at radius 2 is 2.03 bits per heavy atom. The third-order valence-corrected chi connectivity index (χ3v) is 6.03. The minimum Gasteiger partial charge on any atom is -0.480 e. The van der Waals surface area contributed by atoms with Crippen LogP contribution < -0.4 is 10.1 Å². The molecule has 1 amide bonds. The fraction of sp³-hybridized carbons (Fsp3) is 0.435. The number of carbonyl (C=O) groups is 1. The number of alkyl halides is 5. The van der Waals surface area contributed by atoms with Gasteiger partial charge in [-0.1, -0.05) is 13.0 Å². The first-order chi connectivity index (χ1) is 17.4. The summed E-state index contributed by atoms with van der Waals surface area (Å²) in [4.78, 5) is 26.3. The van der Waals surface area contributed by atoms with Crippen LogP contribution in [0.1, 0.15) is 29.4 Å². The number of hydrogen-bond acceptors (Lipinski definition) is 7. The Kier molecular flexibility index (Phi) is 7.02. The van der Waals surface area contributed by atoms with Crippen molar-refractivity contribution in [2.24, 2.45) is 13.0 Å². The number of hydrogen-bond donors (Lipinski definition) is 1. The van der Waals surface area contributed by atoms with Crippen LogP contribution in [0.5, 0.6) is 5.88 Å². The van der Waals surface area contributed by atoms with Crippen LogP contribution in [-0.4, -0.2) is 67.7 Å². The maximum Gasteiger partial charge on any atom is 0.423 e. The van der Waals surface area contributed by atoms with Gasteiger partial charge in [0.25, 0.3) is 11.8 Å². The van der Waals surface area contributed by atoms with Crippen LogP contribution in [0.15, 0.2) is 36.8 Å². The number of ether oxygens (including phenoxy) is 1. The summed E-state index contributed by atoms with van der Waals surface area (Å²) in [6.45, 7) is 0.632. The number of rotatable bonds is 6. The number of carbonyl (C=O) groups excluding carboxylic acids is 1. The molecule has 1 saturated heterocycles. The SMILES string of the molecule is COc1nc(NCC2C(C)CC(F)(F)CN2C(=O)c2nn(C)cc2-c2ccccn2)ncc1C(F)(F)F. The number of aromatic nitrogens is 5. The molecule has 3 aromatic heterocycles. The molecule has 2 atom stereocenters. The predicted molar refractivity (Wildman–Crippen MR) is 122 cm³/mol. The summed E-state index contributed by atoms with van der Waals surface area (Å²) in [5.74, 6) is -5.41. The second kappa shape index (κ2) is 9.90. The van der Waals surface area contributed by atoms with Crippen molar-refractivity contribution in [2.75, 3.05) is 25.5 Å². The molecule has 1 fully saturated rings. The molecule has 0 saturated carbocycles. The van der Waals surface area contributed by atoms with Gasteiger partial charge in [0.05, 0.1) is 31.0 Å². The molecular formula is C23H24F5N7O2. The van der Waals surface area contributed by atoms with Gasteiger partial charge in [-0.3, -0.25) is 14.5 Å². The number of likely N-dealkylation sites (tertiary alicyclic amines) is 1. The van der Waals surface area contributed by atoms with Crippen LogP contribution in [-0.2, 0) is 13.2 Å². The van der Waals surface area contributed by atoms with Crippen molar-refractivity contribution in [3.63, 3.8) is 0 Å². The number of piperidine rings is 1. The average molecular weight is 525 g/mol. The van der Waals surface area contributed by atoms with Gasteiger partial charge in [0.15, 0.2) is 5.69 Å². The van der Waals surface area contributed by atoms with Crippen LogP contribution >= 0.6 is 0 Å². The Hall–Kier alpha value is -3.84. The first-order valence-electron chi connectivity index (χ1n) is 11.3. The number of pyridine rings is 1. The van der Waals surface area contributed by atoms with Crippen molar-refractivity contribution in [1.82, 2.24) is 29.6 Å². The van der Waals surface area contributed by atoms with E-state index in [0.29, 0.717) is 17.5 Å². The molecule has 0 aliphatic carbocycles. The molecule has 198 valence electrons. The van der Waals surface area contributed by atoms with Crippen molar-refractivity contribution in [1.29, 1.82) is 0 Å². The van der Waals surface area contributed by atoms with Crippen molar-refractivity contribution in [3.05, 3.63) is 48.0 Å². The minimum atomic E-state index is -4.72. The average Bonchev–Trinajstić information content (AvgIpc) is 3.23. The quantitative estimate of drug-likeness (QED) is 0.488. The fourth-order valence-corrected chi connectivity index (χ4v) is 4.37. The highest BCUT2D eigenvalue weighted by atomic mass is 19.4. The molecule has 37 heavy (non-hydrogen) atoms. The van der Waals surface area contributed by atoms with E-state index in [1.54, 1.807) is 44.6 Å². The van der Waals surface area contributed by atoms with Gasteiger partial charge in [-0.2, -0.15) is 23.3 Å². The summed E-state index contributed by atoms with van der Waals surface area (Å²) < 4.78 is 74.7. The van der Waals surface area contributed by atoms with Gasteiger partial charge in [0.1, 0.15) is 5.56 Å². The summed E-state index contributed by atoms with van der Waals surface area (Å²) in [6, 6.07) is 4.35. The summed E-state index contributed by atoms with van der Waals surface area (Å²) in [7, 11) is 2.64. The predicted octanol–water partition coefficient (Wildman–Crippen LogP) is 3.90. The third-order valence-electron chi connectivity index (χ3n) is 6.03. The molecule has 14 heteroatoms. The topological polar surface area (TPSA) is 98.1 Å². The van der Waals surface area contributed by atoms with E-state index >= 15 is 0 Å². The highest BCUT2D eigenvalue weighted by molar-refractivity contribution is 5.98. The summed E-state index contributed by atoms with van der Waals surface area (Å²) >= 11 is 0. The Morgan fingerprint density at radius 1 is 1.27 bits per heavy atom. The largest absolute Gasteiger partial charge is 0.480 e. The number of nitrogens with one attached hydrogen (secondary N) is 1. The minimum absolute atomic E-state index is 0.0384. The molecule has 4 heterocycles. The van der Waals surface area contributed by atoms with E-state index in [1.165, 1.54) is 4.68 Å². The zero-order valence-corrected chi connectivity index (χ0v) is 20.1. The van der Waals surface area contributed by atoms with Crippen LogP contribution in [0.4, 0.5) is 27.9 Å². The van der Waals surface area contributed by atoms with Crippen LogP contribution in [0.2, 0.25) is 0 Å². The number of nitrogens with zero attached hydrogens (tertiary/aromatic N) is 6. The summed E-state index contributed by atoms with van der Waals surface area (Å²) in [5, 5.41) is 6.98. The van der Waals surface area contributed by atoms with Crippen LogP contribution in [0.3, 0.4) is 0 Å². The van der Waals surface area contributed by atoms with Crippen molar-refractivity contribution in [3.8, 4) is 17.1 Å². The van der Waals surface area contributed by atoms with E-state index in [1.807, 2.05) is 0 Å². The number of anilines is 1. The van der Waals surface area contributed by atoms with E-state index < -0.39 is 54.4 Å². The molecule has 0 radical (unpaired) electrons. The number of aryl methyl sites for hydroxylation is 1. The standard InChI is InChI=1S/C23H24F5N7O2/c1-13-8-22(24,25)12-35(20(36)18-14(11-34(2)33-18)16-6-4-5-7-29-16)17(13)10-31-21-30-9-15(23(26,27)28)19(32-21)37-3/h4-7,9,11,13,17H,8,10,12H2,1-3H3,(H,30,31,32). The maximum absolute atomic E-state index is 14.6. The van der Waals surface area contributed by atoms with Gasteiger partial charge in [-0.05, 0) is 18.1 Å². The third kappa shape index (κ3) is 5.62. The molecule has 1 aliphatic heterocycles. The lowest BCUT2D eigenvalue weighted by Crippen LogP contribution is -2.57. The molecule has 0 bridgehead atoms. The Labute approximate surface area is 208 Å². The summed E-state index contributed by atoms with van der Waals surface area (Å²) in [5.41, 5.74) is -0.350. The molecule has 9 nitrogen and oxygen atoms in total. The molecule has 3 aromatic rings. The normalized spacial score (nSPS) is 19.5.